The maximum absolute atomic E-state index is 11.9. The van der Waals surface area contributed by atoms with E-state index in [1.807, 2.05) is 61.6 Å². The zero-order valence-electron chi connectivity index (χ0n) is 13.0. The molecular weight excluding hydrogens is 276 g/mol. The van der Waals surface area contributed by atoms with Gasteiger partial charge in [-0.1, -0.05) is 6.07 Å². The SMILES string of the molecule is CN(C)c1ccc(NC(=O)CCNCc2cccnc2)cc1. The van der Waals surface area contributed by atoms with Gasteiger partial charge < -0.3 is 15.5 Å². The lowest BCUT2D eigenvalue weighted by Gasteiger charge is -2.13. The highest BCUT2D eigenvalue weighted by Gasteiger charge is 2.03. The van der Waals surface area contributed by atoms with Gasteiger partial charge in [-0.25, -0.2) is 0 Å². The topological polar surface area (TPSA) is 57.3 Å². The summed E-state index contributed by atoms with van der Waals surface area (Å²) in [4.78, 5) is 17.9. The van der Waals surface area contributed by atoms with E-state index < -0.39 is 0 Å². The maximum Gasteiger partial charge on any atom is 0.225 e. The van der Waals surface area contributed by atoms with Gasteiger partial charge in [-0.05, 0) is 35.9 Å². The summed E-state index contributed by atoms with van der Waals surface area (Å²) in [6.07, 6.45) is 4.01. The second-order valence-electron chi connectivity index (χ2n) is 5.28. The molecule has 2 aromatic rings. The quantitative estimate of drug-likeness (QED) is 0.770. The Bertz CT molecular complexity index is 581. The number of nitrogens with one attached hydrogen (secondary N) is 2. The van der Waals surface area contributed by atoms with Crippen LogP contribution in [0.2, 0.25) is 0 Å². The highest BCUT2D eigenvalue weighted by Crippen LogP contribution is 2.15. The molecule has 2 rings (SSSR count). The van der Waals surface area contributed by atoms with E-state index in [-0.39, 0.29) is 5.91 Å². The molecule has 2 N–H and O–H groups in total. The number of rotatable bonds is 7. The van der Waals surface area contributed by atoms with Crippen LogP contribution in [0.5, 0.6) is 0 Å². The highest BCUT2D eigenvalue weighted by molar-refractivity contribution is 5.91. The molecule has 5 heteroatoms. The number of benzene rings is 1. The molecule has 0 spiro atoms. The van der Waals surface area contributed by atoms with E-state index >= 15 is 0 Å². The van der Waals surface area contributed by atoms with Crippen LogP contribution < -0.4 is 15.5 Å². The largest absolute Gasteiger partial charge is 0.378 e. The van der Waals surface area contributed by atoms with Crippen LogP contribution in [0.25, 0.3) is 0 Å². The summed E-state index contributed by atoms with van der Waals surface area (Å²) >= 11 is 0. The summed E-state index contributed by atoms with van der Waals surface area (Å²) < 4.78 is 0. The first-order chi connectivity index (χ1) is 10.6. The predicted octanol–water partition coefficient (Wildman–Crippen LogP) is 2.27. The zero-order chi connectivity index (χ0) is 15.8. The average molecular weight is 298 g/mol. The van der Waals surface area contributed by atoms with Crippen molar-refractivity contribution in [2.45, 2.75) is 13.0 Å². The van der Waals surface area contributed by atoms with Gasteiger partial charge in [-0.2, -0.15) is 0 Å². The van der Waals surface area contributed by atoms with Crippen LogP contribution in [0.1, 0.15) is 12.0 Å². The van der Waals surface area contributed by atoms with Crippen LogP contribution in [0, 0.1) is 0 Å². The van der Waals surface area contributed by atoms with Crippen molar-refractivity contribution in [2.75, 3.05) is 30.9 Å². The van der Waals surface area contributed by atoms with Crippen molar-refractivity contribution in [3.05, 3.63) is 54.4 Å². The number of carbonyl (C=O) groups is 1. The van der Waals surface area contributed by atoms with Gasteiger partial charge in [-0.3, -0.25) is 9.78 Å². The van der Waals surface area contributed by atoms with E-state index in [1.54, 1.807) is 6.20 Å². The molecule has 22 heavy (non-hydrogen) atoms. The van der Waals surface area contributed by atoms with Crippen LogP contribution in [-0.2, 0) is 11.3 Å². The number of anilines is 2. The number of hydrogen-bond acceptors (Lipinski definition) is 4. The predicted molar refractivity (Wildman–Crippen MR) is 90.0 cm³/mol. The van der Waals surface area contributed by atoms with Crippen LogP contribution in [-0.4, -0.2) is 31.5 Å². The Morgan fingerprint density at radius 1 is 1.18 bits per heavy atom. The lowest BCUT2D eigenvalue weighted by molar-refractivity contribution is -0.116. The molecule has 0 bridgehead atoms. The molecule has 0 aliphatic carbocycles. The summed E-state index contributed by atoms with van der Waals surface area (Å²) in [6.45, 7) is 1.36. The molecular formula is C17H22N4O. The third-order valence-corrected chi connectivity index (χ3v) is 3.25. The Labute approximate surface area is 131 Å². The normalized spacial score (nSPS) is 10.3. The molecule has 1 heterocycles. The highest BCUT2D eigenvalue weighted by atomic mass is 16.1. The van der Waals surface area contributed by atoms with Gasteiger partial charge in [0.05, 0.1) is 0 Å². The van der Waals surface area contributed by atoms with Crippen molar-refractivity contribution in [3.8, 4) is 0 Å². The van der Waals surface area contributed by atoms with Gasteiger partial charge in [0.1, 0.15) is 0 Å². The van der Waals surface area contributed by atoms with E-state index in [0.717, 1.165) is 23.5 Å². The smallest absolute Gasteiger partial charge is 0.225 e. The third-order valence-electron chi connectivity index (χ3n) is 3.25. The van der Waals surface area contributed by atoms with Crippen molar-refractivity contribution >= 4 is 17.3 Å². The molecule has 0 radical (unpaired) electrons. The molecule has 116 valence electrons. The minimum Gasteiger partial charge on any atom is -0.378 e. The summed E-state index contributed by atoms with van der Waals surface area (Å²) in [5, 5.41) is 6.13. The Hall–Kier alpha value is -2.40. The van der Waals surface area contributed by atoms with Gasteiger partial charge in [0.15, 0.2) is 0 Å². The van der Waals surface area contributed by atoms with Crippen molar-refractivity contribution < 1.29 is 4.79 Å². The molecule has 1 aromatic heterocycles. The molecule has 0 saturated heterocycles. The van der Waals surface area contributed by atoms with E-state index in [9.17, 15) is 4.79 Å². The van der Waals surface area contributed by atoms with E-state index in [4.69, 9.17) is 0 Å². The molecule has 0 unspecified atom stereocenters. The fourth-order valence-electron chi connectivity index (χ4n) is 2.00. The van der Waals surface area contributed by atoms with Gasteiger partial charge in [0.2, 0.25) is 5.91 Å². The van der Waals surface area contributed by atoms with Crippen molar-refractivity contribution in [3.63, 3.8) is 0 Å². The fraction of sp³-hybridized carbons (Fsp3) is 0.294. The number of aromatic nitrogens is 1. The van der Waals surface area contributed by atoms with Crippen molar-refractivity contribution in [2.24, 2.45) is 0 Å². The molecule has 1 amide bonds. The summed E-state index contributed by atoms with van der Waals surface area (Å²) in [6, 6.07) is 11.7. The summed E-state index contributed by atoms with van der Waals surface area (Å²) in [7, 11) is 3.98. The minimum absolute atomic E-state index is 0.0105. The first-order valence-corrected chi connectivity index (χ1v) is 7.32. The van der Waals surface area contributed by atoms with E-state index in [1.165, 1.54) is 0 Å². The van der Waals surface area contributed by atoms with E-state index in [0.29, 0.717) is 13.0 Å². The Balaban J connectivity index is 1.69. The number of carbonyl (C=O) groups excluding carboxylic acids is 1. The van der Waals surface area contributed by atoms with E-state index in [2.05, 4.69) is 15.6 Å². The number of pyridine rings is 1. The van der Waals surface area contributed by atoms with Gasteiger partial charge in [0.25, 0.3) is 0 Å². The number of amides is 1. The van der Waals surface area contributed by atoms with Gasteiger partial charge >= 0.3 is 0 Å². The average Bonchev–Trinajstić information content (AvgIpc) is 2.53. The van der Waals surface area contributed by atoms with Crippen LogP contribution in [0.3, 0.4) is 0 Å². The van der Waals surface area contributed by atoms with Gasteiger partial charge in [-0.15, -0.1) is 0 Å². The third kappa shape index (κ3) is 5.18. The number of hydrogen-bond donors (Lipinski definition) is 2. The molecule has 0 aliphatic heterocycles. The second-order valence-corrected chi connectivity index (χ2v) is 5.28. The Morgan fingerprint density at radius 2 is 1.95 bits per heavy atom. The summed E-state index contributed by atoms with van der Waals surface area (Å²) in [5.74, 6) is 0.0105. The Kier molecular flexibility index (Phi) is 5.91. The van der Waals surface area contributed by atoms with Crippen LogP contribution >= 0.6 is 0 Å². The maximum atomic E-state index is 11.9. The molecule has 5 nitrogen and oxygen atoms in total. The van der Waals surface area contributed by atoms with Crippen molar-refractivity contribution in [1.82, 2.24) is 10.3 Å². The second kappa shape index (κ2) is 8.14. The standard InChI is InChI=1S/C17H22N4O/c1-21(2)16-7-5-15(6-8-16)20-17(22)9-11-19-13-14-4-3-10-18-12-14/h3-8,10,12,19H,9,11,13H2,1-2H3,(H,20,22). The lowest BCUT2D eigenvalue weighted by atomic mass is 10.2. The molecule has 0 atom stereocenters. The zero-order valence-corrected chi connectivity index (χ0v) is 13.0. The molecule has 1 aromatic carbocycles. The lowest BCUT2D eigenvalue weighted by Crippen LogP contribution is -2.21. The minimum atomic E-state index is 0.0105. The monoisotopic (exact) mass is 298 g/mol. The van der Waals surface area contributed by atoms with Gasteiger partial charge in [0, 0.05) is 57.4 Å². The number of nitrogens with zero attached hydrogens (tertiary/aromatic N) is 2. The fourth-order valence-corrected chi connectivity index (χ4v) is 2.00. The van der Waals surface area contributed by atoms with Crippen LogP contribution in [0.4, 0.5) is 11.4 Å². The first-order valence-electron chi connectivity index (χ1n) is 7.32. The molecule has 0 saturated carbocycles. The van der Waals surface area contributed by atoms with Crippen LogP contribution in [0.15, 0.2) is 48.8 Å². The summed E-state index contributed by atoms with van der Waals surface area (Å²) in [5.41, 5.74) is 3.04. The molecule has 0 fully saturated rings. The molecule has 0 aliphatic rings. The first kappa shape index (κ1) is 16.0. The Morgan fingerprint density at radius 3 is 2.59 bits per heavy atom. The van der Waals surface area contributed by atoms with Crippen molar-refractivity contribution in [1.29, 1.82) is 0 Å².